The molecule has 0 aliphatic heterocycles. The van der Waals surface area contributed by atoms with Gasteiger partial charge < -0.3 is 15.5 Å². The average molecular weight is 257 g/mol. The number of nitrogens with one attached hydrogen (secondary N) is 2. The largest absolute Gasteiger partial charge is 0.356 e. The molecule has 0 unspecified atom stereocenters. The molecule has 0 aromatic heterocycles. The summed E-state index contributed by atoms with van der Waals surface area (Å²) in [6.07, 6.45) is 1.16. The fourth-order valence-corrected chi connectivity index (χ4v) is 1.30. The van der Waals surface area contributed by atoms with Gasteiger partial charge in [0.25, 0.3) is 0 Å². The van der Waals surface area contributed by atoms with Crippen molar-refractivity contribution in [2.24, 2.45) is 5.41 Å². The number of amides is 2. The second-order valence-electron chi connectivity index (χ2n) is 5.53. The lowest BCUT2D eigenvalue weighted by molar-refractivity contribution is -0.131. The van der Waals surface area contributed by atoms with Crippen LogP contribution in [-0.4, -0.2) is 50.4 Å². The summed E-state index contributed by atoms with van der Waals surface area (Å²) in [7, 11) is 3.66. The summed E-state index contributed by atoms with van der Waals surface area (Å²) in [6.45, 7) is 7.69. The van der Waals surface area contributed by atoms with Gasteiger partial charge >= 0.3 is 0 Å². The van der Waals surface area contributed by atoms with Gasteiger partial charge in [-0.25, -0.2) is 0 Å². The van der Waals surface area contributed by atoms with E-state index in [1.807, 2.05) is 27.8 Å². The third-order valence-corrected chi connectivity index (χ3v) is 2.66. The van der Waals surface area contributed by atoms with E-state index in [1.165, 1.54) is 0 Å². The smallest absolute Gasteiger partial charge is 0.225 e. The summed E-state index contributed by atoms with van der Waals surface area (Å²) in [5.41, 5.74) is -0.367. The number of hydrogen-bond donors (Lipinski definition) is 2. The van der Waals surface area contributed by atoms with E-state index in [-0.39, 0.29) is 17.2 Å². The highest BCUT2D eigenvalue weighted by Crippen LogP contribution is 2.12. The summed E-state index contributed by atoms with van der Waals surface area (Å²) in [6, 6.07) is 0. The Hall–Kier alpha value is -1.10. The zero-order valence-corrected chi connectivity index (χ0v) is 12.3. The molecule has 0 aromatic carbocycles. The predicted molar refractivity (Wildman–Crippen MR) is 73.3 cm³/mol. The van der Waals surface area contributed by atoms with Crippen molar-refractivity contribution in [2.45, 2.75) is 33.6 Å². The molecule has 0 fully saturated rings. The van der Waals surface area contributed by atoms with Crippen molar-refractivity contribution < 1.29 is 9.59 Å². The minimum absolute atomic E-state index is 0.0264. The molecule has 0 spiro atoms. The highest BCUT2D eigenvalue weighted by Gasteiger charge is 2.20. The van der Waals surface area contributed by atoms with E-state index in [2.05, 4.69) is 10.6 Å². The lowest BCUT2D eigenvalue weighted by Gasteiger charge is -2.19. The van der Waals surface area contributed by atoms with Crippen molar-refractivity contribution >= 4 is 11.8 Å². The van der Waals surface area contributed by atoms with Crippen molar-refractivity contribution in [3.63, 3.8) is 0 Å². The molecular weight excluding hydrogens is 230 g/mol. The van der Waals surface area contributed by atoms with E-state index in [4.69, 9.17) is 0 Å². The Labute approximate surface area is 110 Å². The number of carbonyl (C=O) groups excluding carboxylic acids is 2. The monoisotopic (exact) mass is 257 g/mol. The summed E-state index contributed by atoms with van der Waals surface area (Å²) in [5, 5.41) is 5.84. The molecule has 0 rings (SSSR count). The Kier molecular flexibility index (Phi) is 7.59. The highest BCUT2D eigenvalue weighted by molar-refractivity contribution is 5.81. The Morgan fingerprint density at radius 2 is 1.78 bits per heavy atom. The van der Waals surface area contributed by atoms with Gasteiger partial charge in [0.05, 0.1) is 0 Å². The molecule has 0 bridgehead atoms. The SMILES string of the molecule is CNCCN(C)C(=O)CCCNC(=O)C(C)(C)C. The predicted octanol–water partition coefficient (Wildman–Crippen LogP) is 0.607. The Morgan fingerprint density at radius 3 is 2.28 bits per heavy atom. The molecule has 0 saturated carbocycles. The third-order valence-electron chi connectivity index (χ3n) is 2.66. The van der Waals surface area contributed by atoms with Crippen molar-refractivity contribution in [3.05, 3.63) is 0 Å². The zero-order chi connectivity index (χ0) is 14.2. The van der Waals surface area contributed by atoms with E-state index in [0.29, 0.717) is 25.9 Å². The Balaban J connectivity index is 3.72. The molecule has 0 aliphatic rings. The molecule has 0 atom stereocenters. The topological polar surface area (TPSA) is 61.4 Å². The van der Waals surface area contributed by atoms with Gasteiger partial charge in [-0.2, -0.15) is 0 Å². The first-order valence-electron chi connectivity index (χ1n) is 6.46. The molecule has 106 valence electrons. The van der Waals surface area contributed by atoms with Crippen LogP contribution in [-0.2, 0) is 9.59 Å². The van der Waals surface area contributed by atoms with Crippen LogP contribution in [0.3, 0.4) is 0 Å². The molecule has 5 nitrogen and oxygen atoms in total. The molecule has 0 saturated heterocycles. The second kappa shape index (κ2) is 8.08. The molecule has 0 aliphatic carbocycles. The molecule has 2 N–H and O–H groups in total. The number of likely N-dealkylation sites (N-methyl/N-ethyl adjacent to an activating group) is 2. The summed E-state index contributed by atoms with van der Waals surface area (Å²) in [4.78, 5) is 25.0. The zero-order valence-electron chi connectivity index (χ0n) is 12.3. The Bertz CT molecular complexity index is 272. The fraction of sp³-hybridized carbons (Fsp3) is 0.846. The molecule has 18 heavy (non-hydrogen) atoms. The lowest BCUT2D eigenvalue weighted by Crippen LogP contribution is -2.36. The summed E-state index contributed by atoms with van der Waals surface area (Å²) < 4.78 is 0. The molecule has 0 heterocycles. The van der Waals surface area contributed by atoms with E-state index >= 15 is 0 Å². The number of rotatable bonds is 7. The number of nitrogens with zero attached hydrogens (tertiary/aromatic N) is 1. The van der Waals surface area contributed by atoms with Gasteiger partial charge in [0, 0.05) is 38.5 Å². The van der Waals surface area contributed by atoms with Crippen LogP contribution in [0.4, 0.5) is 0 Å². The quantitative estimate of drug-likeness (QED) is 0.657. The molecule has 5 heteroatoms. The van der Waals surface area contributed by atoms with Gasteiger partial charge in [-0.05, 0) is 13.5 Å². The molecular formula is C13H27N3O2. The highest BCUT2D eigenvalue weighted by atomic mass is 16.2. The van der Waals surface area contributed by atoms with Crippen LogP contribution in [0.25, 0.3) is 0 Å². The van der Waals surface area contributed by atoms with Gasteiger partial charge in [0.15, 0.2) is 0 Å². The Morgan fingerprint density at radius 1 is 1.17 bits per heavy atom. The van der Waals surface area contributed by atoms with E-state index in [1.54, 1.807) is 11.9 Å². The maximum Gasteiger partial charge on any atom is 0.225 e. The molecule has 2 amide bonds. The van der Waals surface area contributed by atoms with Crippen LogP contribution in [0.1, 0.15) is 33.6 Å². The summed E-state index contributed by atoms with van der Waals surface area (Å²) in [5.74, 6) is 0.147. The van der Waals surface area contributed by atoms with Crippen LogP contribution < -0.4 is 10.6 Å². The lowest BCUT2D eigenvalue weighted by atomic mass is 9.96. The van der Waals surface area contributed by atoms with Gasteiger partial charge in [0.1, 0.15) is 0 Å². The van der Waals surface area contributed by atoms with Gasteiger partial charge in [-0.15, -0.1) is 0 Å². The second-order valence-corrected chi connectivity index (χ2v) is 5.53. The van der Waals surface area contributed by atoms with Crippen molar-refractivity contribution in [1.29, 1.82) is 0 Å². The maximum atomic E-state index is 11.7. The van der Waals surface area contributed by atoms with Gasteiger partial charge in [0.2, 0.25) is 11.8 Å². The van der Waals surface area contributed by atoms with E-state index in [9.17, 15) is 9.59 Å². The molecule has 0 aromatic rings. The van der Waals surface area contributed by atoms with Crippen LogP contribution in [0.15, 0.2) is 0 Å². The minimum Gasteiger partial charge on any atom is -0.356 e. The standard InChI is InChI=1S/C13H27N3O2/c1-13(2,3)12(18)15-8-6-7-11(17)16(5)10-9-14-4/h14H,6-10H2,1-5H3,(H,15,18). The van der Waals surface area contributed by atoms with Crippen molar-refractivity contribution in [3.8, 4) is 0 Å². The number of carbonyl (C=O) groups is 2. The van der Waals surface area contributed by atoms with Crippen molar-refractivity contribution in [2.75, 3.05) is 33.7 Å². The minimum atomic E-state index is -0.367. The van der Waals surface area contributed by atoms with Crippen molar-refractivity contribution in [1.82, 2.24) is 15.5 Å². The fourth-order valence-electron chi connectivity index (χ4n) is 1.30. The van der Waals surface area contributed by atoms with Gasteiger partial charge in [-0.1, -0.05) is 20.8 Å². The first kappa shape index (κ1) is 16.9. The van der Waals surface area contributed by atoms with E-state index < -0.39 is 0 Å². The van der Waals surface area contributed by atoms with E-state index in [0.717, 1.165) is 6.54 Å². The van der Waals surface area contributed by atoms with Crippen LogP contribution >= 0.6 is 0 Å². The summed E-state index contributed by atoms with van der Waals surface area (Å²) >= 11 is 0. The van der Waals surface area contributed by atoms with Crippen LogP contribution in [0, 0.1) is 5.41 Å². The third kappa shape index (κ3) is 7.27. The van der Waals surface area contributed by atoms with Crippen LogP contribution in [0.2, 0.25) is 0 Å². The normalized spacial score (nSPS) is 11.2. The van der Waals surface area contributed by atoms with Crippen LogP contribution in [0.5, 0.6) is 0 Å². The average Bonchev–Trinajstić information content (AvgIpc) is 2.29. The molecule has 0 radical (unpaired) electrons. The first-order valence-corrected chi connectivity index (χ1v) is 6.46. The maximum absolute atomic E-state index is 11.7. The first-order chi connectivity index (χ1) is 8.29. The number of hydrogen-bond acceptors (Lipinski definition) is 3. The van der Waals surface area contributed by atoms with Gasteiger partial charge in [-0.3, -0.25) is 9.59 Å².